The summed E-state index contributed by atoms with van der Waals surface area (Å²) in [5, 5.41) is 3.60. The van der Waals surface area contributed by atoms with Crippen LogP contribution in [-0.2, 0) is 0 Å². The van der Waals surface area contributed by atoms with Crippen LogP contribution >= 0.6 is 0 Å². The largest absolute Gasteiger partial charge is 0.484 e. The lowest BCUT2D eigenvalue weighted by Gasteiger charge is -2.13. The van der Waals surface area contributed by atoms with E-state index < -0.39 is 12.8 Å². The number of nitrogens with zero attached hydrogens (tertiary/aromatic N) is 3. The second-order valence-corrected chi connectivity index (χ2v) is 4.54. The molecule has 0 unspecified atom stereocenters. The van der Waals surface area contributed by atoms with E-state index in [0.717, 1.165) is 19.2 Å². The van der Waals surface area contributed by atoms with Gasteiger partial charge in [0, 0.05) is 17.8 Å². The van der Waals surface area contributed by atoms with Gasteiger partial charge in [-0.2, -0.15) is 18.2 Å². The number of halogens is 3. The third-order valence-corrected chi connectivity index (χ3v) is 2.89. The van der Waals surface area contributed by atoms with E-state index in [1.165, 1.54) is 12.3 Å². The van der Waals surface area contributed by atoms with Crippen LogP contribution in [-0.4, -0.2) is 27.9 Å². The monoisotopic (exact) mass is 285 g/mol. The topological polar surface area (TPSA) is 61.0 Å². The molecular formula is C12H10F3N3O2. The van der Waals surface area contributed by atoms with Crippen molar-refractivity contribution in [1.29, 1.82) is 0 Å². The number of rotatable bonds is 4. The third-order valence-electron chi connectivity index (χ3n) is 2.89. The Labute approximate surface area is 111 Å². The normalized spacial score (nSPS) is 15.3. The van der Waals surface area contributed by atoms with Crippen LogP contribution in [0.3, 0.4) is 0 Å². The molecule has 0 N–H and O–H groups in total. The molecule has 8 heteroatoms. The van der Waals surface area contributed by atoms with Gasteiger partial charge in [0.05, 0.1) is 0 Å². The van der Waals surface area contributed by atoms with Gasteiger partial charge in [0.25, 0.3) is 0 Å². The quantitative estimate of drug-likeness (QED) is 0.864. The Morgan fingerprint density at radius 3 is 2.70 bits per heavy atom. The van der Waals surface area contributed by atoms with E-state index in [0.29, 0.717) is 11.3 Å². The fourth-order valence-corrected chi connectivity index (χ4v) is 1.84. The molecule has 1 aliphatic rings. The zero-order valence-corrected chi connectivity index (χ0v) is 10.2. The summed E-state index contributed by atoms with van der Waals surface area (Å²) in [6.07, 6.45) is 0.144. The highest BCUT2D eigenvalue weighted by molar-refractivity contribution is 5.53. The lowest BCUT2D eigenvalue weighted by molar-refractivity contribution is -0.153. The lowest BCUT2D eigenvalue weighted by atomic mass is 10.1. The van der Waals surface area contributed by atoms with Gasteiger partial charge in [0.15, 0.2) is 6.61 Å². The summed E-state index contributed by atoms with van der Waals surface area (Å²) >= 11 is 0. The zero-order chi connectivity index (χ0) is 14.2. The molecule has 0 bridgehead atoms. The molecule has 2 heterocycles. The van der Waals surface area contributed by atoms with Gasteiger partial charge in [0.2, 0.25) is 12.2 Å². The van der Waals surface area contributed by atoms with Crippen LogP contribution in [0.2, 0.25) is 0 Å². The number of aromatic nitrogens is 3. The molecule has 0 radical (unpaired) electrons. The van der Waals surface area contributed by atoms with E-state index in [2.05, 4.69) is 19.6 Å². The van der Waals surface area contributed by atoms with Crippen LogP contribution in [0.5, 0.6) is 5.75 Å². The van der Waals surface area contributed by atoms with Crippen molar-refractivity contribution >= 4 is 0 Å². The number of pyridine rings is 1. The Hall–Kier alpha value is -2.12. The Balaban J connectivity index is 1.89. The minimum atomic E-state index is -4.38. The standard InChI is InChI=1S/C12H10F3N3O2/c13-12(14,15)5-19-10-3-9(11-17-6-20-18-11)16-4-8(10)7-1-2-7/h3-4,6-7H,1-2,5H2. The van der Waals surface area contributed by atoms with Crippen molar-refractivity contribution < 1.29 is 22.4 Å². The number of ether oxygens (including phenoxy) is 1. The molecular weight excluding hydrogens is 275 g/mol. The first-order valence-corrected chi connectivity index (χ1v) is 5.99. The first-order chi connectivity index (χ1) is 9.53. The maximum absolute atomic E-state index is 12.3. The predicted molar refractivity (Wildman–Crippen MR) is 61.1 cm³/mol. The van der Waals surface area contributed by atoms with E-state index in [1.54, 1.807) is 0 Å². The van der Waals surface area contributed by atoms with E-state index in [9.17, 15) is 13.2 Å². The second-order valence-electron chi connectivity index (χ2n) is 4.54. The van der Waals surface area contributed by atoms with Gasteiger partial charge in [-0.25, -0.2) is 0 Å². The van der Waals surface area contributed by atoms with Crippen molar-refractivity contribution in [1.82, 2.24) is 15.1 Å². The van der Waals surface area contributed by atoms with Gasteiger partial charge in [-0.15, -0.1) is 0 Å². The Bertz CT molecular complexity index is 594. The van der Waals surface area contributed by atoms with Gasteiger partial charge in [0.1, 0.15) is 11.4 Å². The Morgan fingerprint density at radius 2 is 2.10 bits per heavy atom. The Morgan fingerprint density at radius 1 is 1.30 bits per heavy atom. The number of hydrogen-bond donors (Lipinski definition) is 0. The third kappa shape index (κ3) is 2.89. The Kier molecular flexibility index (Phi) is 3.07. The van der Waals surface area contributed by atoms with Crippen LogP contribution in [0, 0.1) is 0 Å². The lowest BCUT2D eigenvalue weighted by Crippen LogP contribution is -2.19. The smallest absolute Gasteiger partial charge is 0.422 e. The van der Waals surface area contributed by atoms with Crippen molar-refractivity contribution in [2.24, 2.45) is 0 Å². The van der Waals surface area contributed by atoms with Gasteiger partial charge in [-0.1, -0.05) is 5.16 Å². The van der Waals surface area contributed by atoms with E-state index >= 15 is 0 Å². The SMILES string of the molecule is FC(F)(F)COc1cc(-c2ncon2)ncc1C1CC1. The molecule has 20 heavy (non-hydrogen) atoms. The molecule has 0 atom stereocenters. The number of alkyl halides is 3. The predicted octanol–water partition coefficient (Wildman–Crippen LogP) is 2.95. The highest BCUT2D eigenvalue weighted by atomic mass is 19.4. The average Bonchev–Trinajstić information content (AvgIpc) is 3.09. The van der Waals surface area contributed by atoms with Crippen LogP contribution in [0.1, 0.15) is 24.3 Å². The van der Waals surface area contributed by atoms with Crippen molar-refractivity contribution in [3.8, 4) is 17.3 Å². The molecule has 1 saturated carbocycles. The van der Waals surface area contributed by atoms with Crippen LogP contribution < -0.4 is 4.74 Å². The molecule has 0 aliphatic heterocycles. The molecule has 5 nitrogen and oxygen atoms in total. The highest BCUT2D eigenvalue weighted by Gasteiger charge is 2.32. The maximum Gasteiger partial charge on any atom is 0.422 e. The fourth-order valence-electron chi connectivity index (χ4n) is 1.84. The molecule has 106 valence electrons. The zero-order valence-electron chi connectivity index (χ0n) is 10.2. The highest BCUT2D eigenvalue weighted by Crippen LogP contribution is 2.44. The minimum absolute atomic E-state index is 0.180. The summed E-state index contributed by atoms with van der Waals surface area (Å²) in [5.41, 5.74) is 1.02. The van der Waals surface area contributed by atoms with E-state index in [1.807, 2.05) is 0 Å². The van der Waals surface area contributed by atoms with Gasteiger partial charge in [-0.3, -0.25) is 4.98 Å². The molecule has 1 aliphatic carbocycles. The molecule has 2 aromatic rings. The van der Waals surface area contributed by atoms with Crippen LogP contribution in [0.25, 0.3) is 11.5 Å². The van der Waals surface area contributed by atoms with E-state index in [4.69, 9.17) is 4.74 Å². The van der Waals surface area contributed by atoms with Crippen LogP contribution in [0.15, 0.2) is 23.2 Å². The first kappa shape index (κ1) is 12.9. The van der Waals surface area contributed by atoms with Crippen molar-refractivity contribution in [2.45, 2.75) is 24.9 Å². The van der Waals surface area contributed by atoms with Gasteiger partial charge in [-0.05, 0) is 18.8 Å². The summed E-state index contributed by atoms with van der Waals surface area (Å²) in [5.74, 6) is 0.619. The van der Waals surface area contributed by atoms with Crippen LogP contribution in [0.4, 0.5) is 13.2 Å². The van der Waals surface area contributed by atoms with Gasteiger partial charge < -0.3 is 9.26 Å². The maximum atomic E-state index is 12.3. The molecule has 0 spiro atoms. The average molecular weight is 285 g/mol. The summed E-state index contributed by atoms with van der Waals surface area (Å²) < 4.78 is 46.3. The minimum Gasteiger partial charge on any atom is -0.484 e. The fraction of sp³-hybridized carbons (Fsp3) is 0.417. The molecule has 1 fully saturated rings. The molecule has 0 saturated heterocycles. The van der Waals surface area contributed by atoms with Gasteiger partial charge >= 0.3 is 6.18 Å². The van der Waals surface area contributed by atoms with E-state index in [-0.39, 0.29) is 17.5 Å². The summed E-state index contributed by atoms with van der Waals surface area (Å²) in [6, 6.07) is 1.42. The van der Waals surface area contributed by atoms with Crippen molar-refractivity contribution in [2.75, 3.05) is 6.61 Å². The summed E-state index contributed by atoms with van der Waals surface area (Å²) in [4.78, 5) is 7.95. The molecule has 2 aromatic heterocycles. The summed E-state index contributed by atoms with van der Waals surface area (Å²) in [6.45, 7) is -1.33. The second kappa shape index (κ2) is 4.77. The summed E-state index contributed by atoms with van der Waals surface area (Å²) in [7, 11) is 0. The van der Waals surface area contributed by atoms with Crippen molar-refractivity contribution in [3.63, 3.8) is 0 Å². The molecule has 0 aromatic carbocycles. The van der Waals surface area contributed by atoms with Crippen molar-refractivity contribution in [3.05, 3.63) is 24.2 Å². The molecule has 0 amide bonds. The first-order valence-electron chi connectivity index (χ1n) is 5.99. The number of hydrogen-bond acceptors (Lipinski definition) is 5. The molecule has 3 rings (SSSR count).